The summed E-state index contributed by atoms with van der Waals surface area (Å²) >= 11 is 0. The third-order valence-corrected chi connectivity index (χ3v) is 5.85. The number of hydrogen-bond donors (Lipinski definition) is 0. The van der Waals surface area contributed by atoms with Gasteiger partial charge in [0.05, 0.1) is 6.61 Å². The maximum Gasteiger partial charge on any atom is 0.316 e. The van der Waals surface area contributed by atoms with E-state index < -0.39 is 11.9 Å². The van der Waals surface area contributed by atoms with Crippen molar-refractivity contribution < 1.29 is 14.3 Å². The average Bonchev–Trinajstić information content (AvgIpc) is 2.73. The van der Waals surface area contributed by atoms with E-state index in [0.717, 1.165) is 37.8 Å². The van der Waals surface area contributed by atoms with Crippen molar-refractivity contribution in [2.24, 2.45) is 23.7 Å². The highest BCUT2D eigenvalue weighted by molar-refractivity contribution is 6.00. The van der Waals surface area contributed by atoms with E-state index in [2.05, 4.69) is 29.3 Å². The minimum Gasteiger partial charge on any atom is -0.465 e. The Morgan fingerprint density at radius 1 is 1.19 bits per heavy atom. The summed E-state index contributed by atoms with van der Waals surface area (Å²) in [4.78, 5) is 29.9. The molecule has 0 N–H and O–H groups in total. The zero-order chi connectivity index (χ0) is 19.1. The zero-order valence-corrected chi connectivity index (χ0v) is 16.0. The first-order valence-electron chi connectivity index (χ1n) is 10.1. The van der Waals surface area contributed by atoms with E-state index >= 15 is 0 Å². The Kier molecular flexibility index (Phi) is 6.97. The Bertz CT molecular complexity index is 687. The van der Waals surface area contributed by atoms with Gasteiger partial charge in [0.2, 0.25) is 0 Å². The first-order chi connectivity index (χ1) is 13.2. The van der Waals surface area contributed by atoms with E-state index in [9.17, 15) is 9.59 Å². The van der Waals surface area contributed by atoms with Gasteiger partial charge in [0.25, 0.3) is 0 Å². The summed E-state index contributed by atoms with van der Waals surface area (Å²) < 4.78 is 5.20. The van der Waals surface area contributed by atoms with E-state index in [4.69, 9.17) is 4.74 Å². The number of ether oxygens (including phenoxy) is 1. The number of ketones is 1. The second-order valence-electron chi connectivity index (χ2n) is 7.56. The molecule has 0 saturated heterocycles. The smallest absolute Gasteiger partial charge is 0.316 e. The van der Waals surface area contributed by atoms with Gasteiger partial charge in [0.1, 0.15) is 5.92 Å². The number of nitrogens with zero attached hydrogens (tertiary/aromatic N) is 1. The number of pyridine rings is 1. The highest BCUT2D eigenvalue weighted by Crippen LogP contribution is 2.38. The first kappa shape index (κ1) is 19.5. The molecule has 0 bridgehead atoms. The van der Waals surface area contributed by atoms with Gasteiger partial charge in [-0.2, -0.15) is 0 Å². The average molecular weight is 367 g/mol. The third-order valence-electron chi connectivity index (χ3n) is 5.85. The number of allylic oxidation sites excluding steroid dienone is 4. The number of carbonyl (C=O) groups excluding carboxylic acids is 2. The van der Waals surface area contributed by atoms with Gasteiger partial charge in [0.15, 0.2) is 5.78 Å². The Labute approximate surface area is 161 Å². The molecule has 27 heavy (non-hydrogen) atoms. The molecule has 4 nitrogen and oxygen atoms in total. The maximum absolute atomic E-state index is 13.1. The summed E-state index contributed by atoms with van der Waals surface area (Å²) in [5.41, 5.74) is 0.761. The highest BCUT2D eigenvalue weighted by atomic mass is 16.5. The van der Waals surface area contributed by atoms with E-state index in [1.807, 2.05) is 18.2 Å². The van der Waals surface area contributed by atoms with Gasteiger partial charge in [-0.15, -0.1) is 0 Å². The second-order valence-corrected chi connectivity index (χ2v) is 7.56. The summed E-state index contributed by atoms with van der Waals surface area (Å²) in [6.45, 7) is 2.07. The predicted molar refractivity (Wildman–Crippen MR) is 105 cm³/mol. The van der Waals surface area contributed by atoms with Gasteiger partial charge in [-0.1, -0.05) is 30.4 Å². The largest absolute Gasteiger partial charge is 0.465 e. The molecule has 1 aromatic heterocycles. The fourth-order valence-electron chi connectivity index (χ4n) is 4.34. The third kappa shape index (κ3) is 5.15. The topological polar surface area (TPSA) is 56.3 Å². The lowest BCUT2D eigenvalue weighted by Crippen LogP contribution is -2.35. The van der Waals surface area contributed by atoms with E-state index in [1.54, 1.807) is 13.1 Å². The van der Waals surface area contributed by atoms with Crippen LogP contribution in [-0.2, 0) is 20.7 Å². The normalized spacial score (nSPS) is 25.7. The van der Waals surface area contributed by atoms with Crippen LogP contribution in [0.4, 0.5) is 0 Å². The van der Waals surface area contributed by atoms with Crippen molar-refractivity contribution in [2.75, 3.05) is 6.61 Å². The molecular formula is C23H29NO3. The minimum absolute atomic E-state index is 0.0386. The fourth-order valence-corrected chi connectivity index (χ4v) is 4.34. The van der Waals surface area contributed by atoms with Crippen molar-refractivity contribution >= 4 is 11.8 Å². The Balaban J connectivity index is 1.62. The quantitative estimate of drug-likeness (QED) is 0.532. The van der Waals surface area contributed by atoms with Crippen molar-refractivity contribution in [3.63, 3.8) is 0 Å². The number of Topliss-reactive ketones (excluding diaryl/α,β-unsaturated/α-hetero) is 1. The van der Waals surface area contributed by atoms with Gasteiger partial charge < -0.3 is 4.74 Å². The molecule has 0 radical (unpaired) electrons. The summed E-state index contributed by atoms with van der Waals surface area (Å²) in [5.74, 6) is 0.0983. The molecule has 1 aromatic rings. The predicted octanol–water partition coefficient (Wildman–Crippen LogP) is 4.31. The molecule has 2 aliphatic carbocycles. The summed E-state index contributed by atoms with van der Waals surface area (Å²) in [7, 11) is 0. The first-order valence-corrected chi connectivity index (χ1v) is 10.1. The number of aromatic nitrogens is 1. The number of hydrogen-bond acceptors (Lipinski definition) is 4. The van der Waals surface area contributed by atoms with Crippen LogP contribution in [0.5, 0.6) is 0 Å². The molecule has 144 valence electrons. The molecular weight excluding hydrogens is 338 g/mol. The van der Waals surface area contributed by atoms with Crippen LogP contribution in [0.1, 0.15) is 44.7 Å². The van der Waals surface area contributed by atoms with Crippen LogP contribution >= 0.6 is 0 Å². The van der Waals surface area contributed by atoms with Crippen LogP contribution in [-0.4, -0.2) is 23.3 Å². The molecule has 2 aliphatic rings. The van der Waals surface area contributed by atoms with Crippen molar-refractivity contribution in [3.05, 3.63) is 54.4 Å². The molecule has 0 aromatic carbocycles. The lowest BCUT2D eigenvalue weighted by molar-refractivity contribution is -0.153. The summed E-state index contributed by atoms with van der Waals surface area (Å²) in [6.07, 6.45) is 15.7. The molecule has 1 saturated carbocycles. The van der Waals surface area contributed by atoms with Crippen molar-refractivity contribution in [1.82, 2.24) is 4.98 Å². The Morgan fingerprint density at radius 3 is 2.63 bits per heavy atom. The van der Waals surface area contributed by atoms with Gasteiger partial charge in [-0.25, -0.2) is 0 Å². The molecule has 2 atom stereocenters. The van der Waals surface area contributed by atoms with Gasteiger partial charge in [-0.05, 0) is 63.0 Å². The van der Waals surface area contributed by atoms with Crippen LogP contribution in [0.3, 0.4) is 0 Å². The van der Waals surface area contributed by atoms with Crippen LogP contribution in [0.2, 0.25) is 0 Å². The number of carbonyl (C=O) groups is 2. The monoisotopic (exact) mass is 367 g/mol. The zero-order valence-electron chi connectivity index (χ0n) is 16.0. The van der Waals surface area contributed by atoms with Crippen molar-refractivity contribution in [2.45, 2.75) is 45.4 Å². The van der Waals surface area contributed by atoms with Crippen molar-refractivity contribution in [1.29, 1.82) is 0 Å². The number of esters is 1. The molecule has 1 heterocycles. The van der Waals surface area contributed by atoms with Gasteiger partial charge in [-0.3, -0.25) is 14.6 Å². The lowest BCUT2D eigenvalue weighted by Gasteiger charge is -2.33. The molecule has 1 fully saturated rings. The molecule has 0 spiro atoms. The van der Waals surface area contributed by atoms with Gasteiger partial charge >= 0.3 is 5.97 Å². The minimum atomic E-state index is -0.737. The molecule has 3 rings (SSSR count). The SMILES string of the molecule is CCOC(=O)C(Cc1ccccn1)C(=O)C1CCC(C2C=CC=CC2)CC1. The van der Waals surface area contributed by atoms with Crippen LogP contribution in [0, 0.1) is 23.7 Å². The van der Waals surface area contributed by atoms with E-state index in [-0.39, 0.29) is 11.7 Å². The lowest BCUT2D eigenvalue weighted by atomic mass is 9.71. The van der Waals surface area contributed by atoms with Crippen LogP contribution in [0.25, 0.3) is 0 Å². The second kappa shape index (κ2) is 9.63. The molecule has 0 amide bonds. The Hall–Kier alpha value is -2.23. The molecule has 2 unspecified atom stereocenters. The summed E-state index contributed by atoms with van der Waals surface area (Å²) in [6, 6.07) is 5.58. The maximum atomic E-state index is 13.1. The highest BCUT2D eigenvalue weighted by Gasteiger charge is 2.36. The van der Waals surface area contributed by atoms with E-state index in [0.29, 0.717) is 24.9 Å². The fraction of sp³-hybridized carbons (Fsp3) is 0.522. The van der Waals surface area contributed by atoms with E-state index in [1.165, 1.54) is 0 Å². The number of rotatable bonds is 7. The Morgan fingerprint density at radius 2 is 2.00 bits per heavy atom. The molecule has 0 aliphatic heterocycles. The van der Waals surface area contributed by atoms with Crippen molar-refractivity contribution in [3.8, 4) is 0 Å². The van der Waals surface area contributed by atoms with Crippen LogP contribution < -0.4 is 0 Å². The standard InChI is InChI=1S/C23H29NO3/c1-2-27-23(26)21(16-20-10-6-7-15-24-20)22(25)19-13-11-18(12-14-19)17-8-4-3-5-9-17/h3-8,10,15,17-19,21H,2,9,11-14,16H2,1H3. The van der Waals surface area contributed by atoms with Gasteiger partial charge in [0, 0.05) is 24.2 Å². The molecule has 4 heteroatoms. The summed E-state index contributed by atoms with van der Waals surface area (Å²) in [5, 5.41) is 0. The van der Waals surface area contributed by atoms with Crippen LogP contribution in [0.15, 0.2) is 48.7 Å².